The second-order valence-corrected chi connectivity index (χ2v) is 6.87. The largest absolute Gasteiger partial charge is 0.292 e. The first-order valence-corrected chi connectivity index (χ1v) is 8.21. The van der Waals surface area contributed by atoms with Crippen LogP contribution in [0.5, 0.6) is 0 Å². The summed E-state index contributed by atoms with van der Waals surface area (Å²) in [5, 5.41) is 1.92. The summed E-state index contributed by atoms with van der Waals surface area (Å²) in [5.74, 6) is 5.32. The monoisotopic (exact) mass is 313 g/mol. The Kier molecular flexibility index (Phi) is 4.65. The Hall–Kier alpha value is -1.55. The van der Waals surface area contributed by atoms with Crippen molar-refractivity contribution in [2.75, 3.05) is 12.0 Å². The van der Waals surface area contributed by atoms with Crippen LogP contribution in [0.3, 0.4) is 0 Å². The zero-order valence-electron chi connectivity index (χ0n) is 10.9. The van der Waals surface area contributed by atoms with Crippen LogP contribution in [0.2, 0.25) is 0 Å². The van der Waals surface area contributed by atoms with Gasteiger partial charge in [0, 0.05) is 18.0 Å². The number of hydrazine groups is 1. The maximum Gasteiger partial charge on any atom is 0.246 e. The minimum atomic E-state index is -3.61. The number of nitrogens with one attached hydrogen (secondary N) is 1. The van der Waals surface area contributed by atoms with E-state index in [1.165, 1.54) is 28.0 Å². The summed E-state index contributed by atoms with van der Waals surface area (Å²) in [5.41, 5.74) is 2.26. The summed E-state index contributed by atoms with van der Waals surface area (Å²) in [7, 11) is -3.61. The van der Waals surface area contributed by atoms with Crippen molar-refractivity contribution in [3.8, 4) is 0 Å². The van der Waals surface area contributed by atoms with Crippen LogP contribution in [0.15, 0.2) is 34.8 Å². The fourth-order valence-corrected chi connectivity index (χ4v) is 3.74. The maximum atomic E-state index is 12.5. The van der Waals surface area contributed by atoms with Gasteiger partial charge in [-0.25, -0.2) is 24.2 Å². The number of hydrogen-bond donors (Lipinski definition) is 2. The molecule has 0 spiro atoms. The molecule has 0 saturated carbocycles. The first-order valence-electron chi connectivity index (χ1n) is 5.89. The number of thiophene rings is 1. The van der Waals surface area contributed by atoms with Crippen molar-refractivity contribution >= 4 is 27.3 Å². The number of aromatic nitrogens is 2. The zero-order valence-corrected chi connectivity index (χ0v) is 12.5. The van der Waals surface area contributed by atoms with Crippen molar-refractivity contribution in [3.63, 3.8) is 0 Å². The fraction of sp³-hybridized carbons (Fsp3) is 0.273. The van der Waals surface area contributed by atoms with E-state index >= 15 is 0 Å². The van der Waals surface area contributed by atoms with Gasteiger partial charge in [0.1, 0.15) is 4.90 Å². The van der Waals surface area contributed by atoms with Crippen molar-refractivity contribution in [3.05, 3.63) is 34.8 Å². The van der Waals surface area contributed by atoms with E-state index in [0.717, 1.165) is 4.88 Å². The SMILES string of the molecule is CCN(Cc1cccs1)S(=O)(=O)c1cnc(NN)nc1. The molecule has 0 radical (unpaired) electrons. The Bertz CT molecular complexity index is 640. The lowest BCUT2D eigenvalue weighted by Gasteiger charge is -2.19. The van der Waals surface area contributed by atoms with Gasteiger partial charge >= 0.3 is 0 Å². The Morgan fingerprint density at radius 3 is 2.60 bits per heavy atom. The molecule has 2 rings (SSSR count). The second-order valence-electron chi connectivity index (χ2n) is 3.90. The van der Waals surface area contributed by atoms with Gasteiger partial charge in [-0.05, 0) is 11.4 Å². The van der Waals surface area contributed by atoms with Crippen LogP contribution in [-0.2, 0) is 16.6 Å². The molecule has 0 aliphatic rings. The van der Waals surface area contributed by atoms with Crippen LogP contribution >= 0.6 is 11.3 Å². The average molecular weight is 313 g/mol. The molecule has 2 heterocycles. The van der Waals surface area contributed by atoms with Gasteiger partial charge in [0.25, 0.3) is 0 Å². The van der Waals surface area contributed by atoms with E-state index in [4.69, 9.17) is 5.84 Å². The van der Waals surface area contributed by atoms with Gasteiger partial charge in [-0.3, -0.25) is 5.43 Å². The van der Waals surface area contributed by atoms with Crippen molar-refractivity contribution in [2.24, 2.45) is 5.84 Å². The van der Waals surface area contributed by atoms with E-state index in [9.17, 15) is 8.42 Å². The highest BCUT2D eigenvalue weighted by molar-refractivity contribution is 7.89. The van der Waals surface area contributed by atoms with Crippen molar-refractivity contribution in [1.82, 2.24) is 14.3 Å². The van der Waals surface area contributed by atoms with E-state index in [1.54, 1.807) is 6.92 Å². The number of nitrogens with zero attached hydrogens (tertiary/aromatic N) is 3. The molecule has 0 fully saturated rings. The lowest BCUT2D eigenvalue weighted by molar-refractivity contribution is 0.426. The Morgan fingerprint density at radius 2 is 2.10 bits per heavy atom. The van der Waals surface area contributed by atoms with Gasteiger partial charge < -0.3 is 0 Å². The molecule has 0 unspecified atom stereocenters. The first-order chi connectivity index (χ1) is 9.57. The molecular weight excluding hydrogens is 298 g/mol. The molecule has 3 N–H and O–H groups in total. The van der Waals surface area contributed by atoms with Crippen LogP contribution in [0.1, 0.15) is 11.8 Å². The predicted octanol–water partition coefficient (Wildman–Crippen LogP) is 1.03. The van der Waals surface area contributed by atoms with E-state index in [1.807, 2.05) is 17.5 Å². The van der Waals surface area contributed by atoms with Crippen molar-refractivity contribution < 1.29 is 8.42 Å². The molecule has 0 amide bonds. The van der Waals surface area contributed by atoms with Crippen LogP contribution in [0.4, 0.5) is 5.95 Å². The third-order valence-electron chi connectivity index (χ3n) is 2.66. The zero-order chi connectivity index (χ0) is 14.6. The molecule has 0 saturated heterocycles. The van der Waals surface area contributed by atoms with E-state index in [-0.39, 0.29) is 10.8 Å². The highest BCUT2D eigenvalue weighted by atomic mass is 32.2. The lowest BCUT2D eigenvalue weighted by Crippen LogP contribution is -2.30. The molecule has 0 aliphatic heterocycles. The highest BCUT2D eigenvalue weighted by Gasteiger charge is 2.24. The summed E-state index contributed by atoms with van der Waals surface area (Å²) in [4.78, 5) is 8.69. The molecule has 108 valence electrons. The molecule has 2 aromatic heterocycles. The third-order valence-corrected chi connectivity index (χ3v) is 5.39. The average Bonchev–Trinajstić information content (AvgIpc) is 2.97. The molecule has 0 aliphatic carbocycles. The van der Waals surface area contributed by atoms with Crippen LogP contribution in [0, 0.1) is 0 Å². The number of hydrogen-bond acceptors (Lipinski definition) is 7. The van der Waals surface area contributed by atoms with Gasteiger partial charge in [-0.2, -0.15) is 4.31 Å². The minimum absolute atomic E-state index is 0.0508. The molecule has 9 heteroatoms. The van der Waals surface area contributed by atoms with Crippen molar-refractivity contribution in [1.29, 1.82) is 0 Å². The van der Waals surface area contributed by atoms with E-state index in [0.29, 0.717) is 13.1 Å². The molecule has 0 aromatic carbocycles. The first kappa shape index (κ1) is 14.9. The van der Waals surface area contributed by atoms with Gasteiger partial charge in [0.15, 0.2) is 0 Å². The standard InChI is InChI=1S/C11H15N5O2S2/c1-2-16(8-9-4-3-5-19-9)20(17,18)10-6-13-11(15-12)14-7-10/h3-7H,2,8,12H2,1H3,(H,13,14,15). The lowest BCUT2D eigenvalue weighted by atomic mass is 10.4. The molecule has 0 bridgehead atoms. The normalized spacial score (nSPS) is 11.8. The Labute approximate surface area is 121 Å². The number of sulfonamides is 1. The molecule has 0 atom stereocenters. The summed E-state index contributed by atoms with van der Waals surface area (Å²) in [6.07, 6.45) is 2.49. The number of anilines is 1. The van der Waals surface area contributed by atoms with Gasteiger partial charge in [0.2, 0.25) is 16.0 Å². The molecule has 7 nitrogen and oxygen atoms in total. The maximum absolute atomic E-state index is 12.5. The van der Waals surface area contributed by atoms with Gasteiger partial charge in [0.05, 0.1) is 12.4 Å². The number of rotatable bonds is 6. The summed E-state index contributed by atoms with van der Waals surface area (Å²) < 4.78 is 26.4. The number of nitrogens with two attached hydrogens (primary N) is 1. The predicted molar refractivity (Wildman–Crippen MR) is 77.4 cm³/mol. The van der Waals surface area contributed by atoms with E-state index < -0.39 is 10.0 Å². The summed E-state index contributed by atoms with van der Waals surface area (Å²) in [6, 6.07) is 3.80. The quantitative estimate of drug-likeness (QED) is 0.610. The minimum Gasteiger partial charge on any atom is -0.292 e. The highest BCUT2D eigenvalue weighted by Crippen LogP contribution is 2.19. The van der Waals surface area contributed by atoms with Crippen LogP contribution < -0.4 is 11.3 Å². The Balaban J connectivity index is 2.26. The second kappa shape index (κ2) is 6.27. The fourth-order valence-electron chi connectivity index (χ4n) is 1.62. The van der Waals surface area contributed by atoms with E-state index in [2.05, 4.69) is 15.4 Å². The smallest absolute Gasteiger partial charge is 0.246 e. The molecule has 20 heavy (non-hydrogen) atoms. The third kappa shape index (κ3) is 3.12. The topological polar surface area (TPSA) is 101 Å². The van der Waals surface area contributed by atoms with Gasteiger partial charge in [-0.1, -0.05) is 13.0 Å². The Morgan fingerprint density at radius 1 is 1.40 bits per heavy atom. The molecular formula is C11H15N5O2S2. The number of nitrogen functional groups attached to an aromatic ring is 1. The van der Waals surface area contributed by atoms with Crippen LogP contribution in [-0.4, -0.2) is 29.2 Å². The molecule has 2 aromatic rings. The van der Waals surface area contributed by atoms with Gasteiger partial charge in [-0.15, -0.1) is 11.3 Å². The summed E-state index contributed by atoms with van der Waals surface area (Å²) >= 11 is 1.52. The summed E-state index contributed by atoms with van der Waals surface area (Å²) in [6.45, 7) is 2.51. The van der Waals surface area contributed by atoms with Crippen LogP contribution in [0.25, 0.3) is 0 Å². The van der Waals surface area contributed by atoms with Crippen molar-refractivity contribution in [2.45, 2.75) is 18.4 Å².